The Balaban J connectivity index is 1.59. The van der Waals surface area contributed by atoms with Gasteiger partial charge in [0, 0.05) is 37.9 Å². The van der Waals surface area contributed by atoms with E-state index in [1.54, 1.807) is 48.2 Å². The van der Waals surface area contributed by atoms with Crippen LogP contribution < -0.4 is 4.90 Å². The topological polar surface area (TPSA) is 86.5 Å². The summed E-state index contributed by atoms with van der Waals surface area (Å²) in [5, 5.41) is 8.85. The molecule has 7 heteroatoms. The number of esters is 1. The molecular weight excluding hydrogens is 344 g/mol. The van der Waals surface area contributed by atoms with Gasteiger partial charge in [-0.05, 0) is 43.3 Å². The molecule has 1 saturated heterocycles. The van der Waals surface area contributed by atoms with Crippen LogP contribution in [0.15, 0.2) is 42.6 Å². The molecule has 3 rings (SSSR count). The summed E-state index contributed by atoms with van der Waals surface area (Å²) in [5.41, 5.74) is 1.54. The van der Waals surface area contributed by atoms with Crippen molar-refractivity contribution >= 4 is 17.7 Å². The summed E-state index contributed by atoms with van der Waals surface area (Å²) in [6, 6.07) is 12.2. The lowest BCUT2D eigenvalue weighted by molar-refractivity contribution is 0.0525. The highest BCUT2D eigenvalue weighted by Gasteiger charge is 2.23. The number of amides is 1. The highest BCUT2D eigenvalue weighted by atomic mass is 16.5. The smallest absolute Gasteiger partial charge is 0.339 e. The molecule has 0 saturated carbocycles. The SMILES string of the molecule is CCOC(=O)c1ccc(N2CCN(C(=O)c3ccc(C#N)cc3)CC2)nc1. The van der Waals surface area contributed by atoms with Gasteiger partial charge in [-0.3, -0.25) is 4.79 Å². The Bertz CT molecular complexity index is 848. The second-order valence-corrected chi connectivity index (χ2v) is 6.09. The van der Waals surface area contributed by atoms with E-state index in [4.69, 9.17) is 10.00 Å². The minimum atomic E-state index is -0.380. The van der Waals surface area contributed by atoms with Crippen molar-refractivity contribution < 1.29 is 14.3 Å². The number of hydrogen-bond donors (Lipinski definition) is 0. The van der Waals surface area contributed by atoms with Crippen molar-refractivity contribution in [3.05, 3.63) is 59.3 Å². The summed E-state index contributed by atoms with van der Waals surface area (Å²) in [7, 11) is 0. The fraction of sp³-hybridized carbons (Fsp3) is 0.300. The van der Waals surface area contributed by atoms with Crippen LogP contribution in [-0.2, 0) is 4.74 Å². The van der Waals surface area contributed by atoms with Gasteiger partial charge < -0.3 is 14.5 Å². The number of nitriles is 1. The molecule has 2 aromatic rings. The van der Waals surface area contributed by atoms with E-state index in [0.29, 0.717) is 49.5 Å². The summed E-state index contributed by atoms with van der Waals surface area (Å²) in [6.45, 7) is 4.58. The molecule has 0 bridgehead atoms. The summed E-state index contributed by atoms with van der Waals surface area (Å²) in [5.74, 6) is 0.354. The number of pyridine rings is 1. The number of aromatic nitrogens is 1. The minimum Gasteiger partial charge on any atom is -0.462 e. The molecule has 0 spiro atoms. The highest BCUT2D eigenvalue weighted by molar-refractivity contribution is 5.94. The van der Waals surface area contributed by atoms with Crippen LogP contribution in [0, 0.1) is 11.3 Å². The number of piperazine rings is 1. The van der Waals surface area contributed by atoms with E-state index in [2.05, 4.69) is 9.88 Å². The molecule has 2 heterocycles. The van der Waals surface area contributed by atoms with Gasteiger partial charge >= 0.3 is 5.97 Å². The number of ether oxygens (including phenoxy) is 1. The first-order valence-corrected chi connectivity index (χ1v) is 8.80. The van der Waals surface area contributed by atoms with Crippen molar-refractivity contribution in [2.45, 2.75) is 6.92 Å². The van der Waals surface area contributed by atoms with E-state index < -0.39 is 0 Å². The molecule has 0 aliphatic carbocycles. The Kier molecular flexibility index (Phi) is 5.67. The third-order valence-electron chi connectivity index (χ3n) is 4.41. The predicted octanol–water partition coefficient (Wildman–Crippen LogP) is 2.09. The van der Waals surface area contributed by atoms with E-state index in [1.807, 2.05) is 6.07 Å². The van der Waals surface area contributed by atoms with Gasteiger partial charge in [0.2, 0.25) is 0 Å². The van der Waals surface area contributed by atoms with Gasteiger partial charge in [-0.2, -0.15) is 5.26 Å². The first-order valence-electron chi connectivity index (χ1n) is 8.80. The zero-order chi connectivity index (χ0) is 19.2. The van der Waals surface area contributed by atoms with Crippen LogP contribution >= 0.6 is 0 Å². The Labute approximate surface area is 157 Å². The quantitative estimate of drug-likeness (QED) is 0.772. The maximum atomic E-state index is 12.6. The van der Waals surface area contributed by atoms with Crippen LogP contribution in [0.2, 0.25) is 0 Å². The third-order valence-corrected chi connectivity index (χ3v) is 4.41. The van der Waals surface area contributed by atoms with Gasteiger partial charge in [0.05, 0.1) is 23.8 Å². The summed E-state index contributed by atoms with van der Waals surface area (Å²) in [6.07, 6.45) is 1.52. The number of benzene rings is 1. The van der Waals surface area contributed by atoms with Gasteiger partial charge in [0.1, 0.15) is 5.82 Å². The summed E-state index contributed by atoms with van der Waals surface area (Å²) >= 11 is 0. The van der Waals surface area contributed by atoms with Crippen molar-refractivity contribution in [3.8, 4) is 6.07 Å². The number of rotatable bonds is 4. The van der Waals surface area contributed by atoms with Crippen LogP contribution in [0.1, 0.15) is 33.2 Å². The lowest BCUT2D eigenvalue weighted by Gasteiger charge is -2.35. The van der Waals surface area contributed by atoms with E-state index >= 15 is 0 Å². The third kappa shape index (κ3) is 4.23. The average Bonchev–Trinajstić information content (AvgIpc) is 2.74. The second kappa shape index (κ2) is 8.32. The van der Waals surface area contributed by atoms with E-state index in [1.165, 1.54) is 6.20 Å². The molecule has 1 fully saturated rings. The highest BCUT2D eigenvalue weighted by Crippen LogP contribution is 2.16. The van der Waals surface area contributed by atoms with Crippen molar-refractivity contribution in [1.82, 2.24) is 9.88 Å². The Morgan fingerprint density at radius 2 is 1.74 bits per heavy atom. The van der Waals surface area contributed by atoms with E-state index in [9.17, 15) is 9.59 Å². The fourth-order valence-electron chi connectivity index (χ4n) is 2.92. The molecule has 1 aromatic carbocycles. The standard InChI is InChI=1S/C20H20N4O3/c1-2-27-20(26)17-7-8-18(22-14-17)23-9-11-24(12-10-23)19(25)16-5-3-15(13-21)4-6-16/h3-8,14H,2,9-12H2,1H3. The zero-order valence-electron chi connectivity index (χ0n) is 15.1. The first-order chi connectivity index (χ1) is 13.1. The van der Waals surface area contributed by atoms with Gasteiger partial charge in [-0.15, -0.1) is 0 Å². The molecule has 138 valence electrons. The Morgan fingerprint density at radius 3 is 2.30 bits per heavy atom. The van der Waals surface area contributed by atoms with Crippen LogP contribution in [0.3, 0.4) is 0 Å². The normalized spacial score (nSPS) is 13.8. The van der Waals surface area contributed by atoms with Crippen LogP contribution in [0.5, 0.6) is 0 Å². The van der Waals surface area contributed by atoms with Gasteiger partial charge in [-0.1, -0.05) is 0 Å². The number of anilines is 1. The van der Waals surface area contributed by atoms with E-state index in [-0.39, 0.29) is 11.9 Å². The molecule has 0 unspecified atom stereocenters. The Morgan fingerprint density at radius 1 is 1.07 bits per heavy atom. The zero-order valence-corrected chi connectivity index (χ0v) is 15.1. The molecule has 1 aromatic heterocycles. The lowest BCUT2D eigenvalue weighted by atomic mass is 10.1. The van der Waals surface area contributed by atoms with Crippen molar-refractivity contribution in [2.75, 3.05) is 37.7 Å². The predicted molar refractivity (Wildman–Crippen MR) is 99.5 cm³/mol. The maximum absolute atomic E-state index is 12.6. The minimum absolute atomic E-state index is 0.0373. The molecule has 0 radical (unpaired) electrons. The average molecular weight is 364 g/mol. The first kappa shape index (κ1) is 18.4. The monoisotopic (exact) mass is 364 g/mol. The summed E-state index contributed by atoms with van der Waals surface area (Å²) < 4.78 is 4.96. The number of carbonyl (C=O) groups is 2. The maximum Gasteiger partial charge on any atom is 0.339 e. The van der Waals surface area contributed by atoms with Gasteiger partial charge in [-0.25, -0.2) is 9.78 Å². The second-order valence-electron chi connectivity index (χ2n) is 6.09. The van der Waals surface area contributed by atoms with Gasteiger partial charge in [0.15, 0.2) is 0 Å². The van der Waals surface area contributed by atoms with Crippen LogP contribution in [-0.4, -0.2) is 54.5 Å². The number of hydrogen-bond acceptors (Lipinski definition) is 6. The largest absolute Gasteiger partial charge is 0.462 e. The number of nitrogens with zero attached hydrogens (tertiary/aromatic N) is 4. The molecule has 27 heavy (non-hydrogen) atoms. The molecule has 1 aliphatic heterocycles. The fourth-order valence-corrected chi connectivity index (χ4v) is 2.92. The molecule has 0 atom stereocenters. The van der Waals surface area contributed by atoms with Crippen molar-refractivity contribution in [2.24, 2.45) is 0 Å². The lowest BCUT2D eigenvalue weighted by Crippen LogP contribution is -2.49. The van der Waals surface area contributed by atoms with Crippen LogP contribution in [0.4, 0.5) is 5.82 Å². The summed E-state index contributed by atoms with van der Waals surface area (Å²) in [4.78, 5) is 32.5. The van der Waals surface area contributed by atoms with E-state index in [0.717, 1.165) is 5.82 Å². The van der Waals surface area contributed by atoms with Crippen molar-refractivity contribution in [3.63, 3.8) is 0 Å². The Hall–Kier alpha value is -3.40. The molecule has 0 N–H and O–H groups in total. The molecule has 1 aliphatic rings. The molecular formula is C20H20N4O3. The molecule has 1 amide bonds. The van der Waals surface area contributed by atoms with Crippen LogP contribution in [0.25, 0.3) is 0 Å². The van der Waals surface area contributed by atoms with Gasteiger partial charge in [0.25, 0.3) is 5.91 Å². The molecule has 7 nitrogen and oxygen atoms in total. The number of carbonyl (C=O) groups excluding carboxylic acids is 2. The van der Waals surface area contributed by atoms with Crippen molar-refractivity contribution in [1.29, 1.82) is 5.26 Å².